The second kappa shape index (κ2) is 6.30. The smallest absolute Gasteiger partial charge is 0.227 e. The van der Waals surface area contributed by atoms with E-state index in [1.165, 1.54) is 32.1 Å². The van der Waals surface area contributed by atoms with Gasteiger partial charge in [-0.3, -0.25) is 4.79 Å². The number of hydrogen-bond acceptors (Lipinski definition) is 2. The molecule has 2 aliphatic carbocycles. The highest BCUT2D eigenvalue weighted by Gasteiger charge is 2.34. The van der Waals surface area contributed by atoms with E-state index in [4.69, 9.17) is 5.26 Å². The highest BCUT2D eigenvalue weighted by atomic mass is 16.1. The third kappa shape index (κ3) is 3.26. The molecule has 3 heteroatoms. The van der Waals surface area contributed by atoms with E-state index in [2.05, 4.69) is 11.4 Å². The molecular weight excluding hydrogens is 260 g/mol. The van der Waals surface area contributed by atoms with E-state index >= 15 is 0 Å². The Kier molecular flexibility index (Phi) is 4.24. The lowest BCUT2D eigenvalue weighted by Gasteiger charge is -2.38. The van der Waals surface area contributed by atoms with Crippen LogP contribution in [-0.2, 0) is 4.79 Å². The highest BCUT2D eigenvalue weighted by molar-refractivity contribution is 5.92. The van der Waals surface area contributed by atoms with Crippen molar-refractivity contribution in [1.82, 2.24) is 0 Å². The lowest BCUT2D eigenvalue weighted by Crippen LogP contribution is -2.33. The average molecular weight is 282 g/mol. The molecule has 0 aliphatic heterocycles. The van der Waals surface area contributed by atoms with Gasteiger partial charge in [0.2, 0.25) is 5.91 Å². The summed E-state index contributed by atoms with van der Waals surface area (Å²) in [5.41, 5.74) is 1.33. The van der Waals surface area contributed by atoms with Crippen LogP contribution < -0.4 is 5.32 Å². The molecule has 0 heterocycles. The van der Waals surface area contributed by atoms with E-state index in [1.54, 1.807) is 12.1 Å². The van der Waals surface area contributed by atoms with Gasteiger partial charge < -0.3 is 5.32 Å². The number of rotatable bonds is 2. The van der Waals surface area contributed by atoms with Crippen molar-refractivity contribution in [1.29, 1.82) is 5.26 Å². The van der Waals surface area contributed by atoms with Gasteiger partial charge in [-0.2, -0.15) is 5.26 Å². The van der Waals surface area contributed by atoms with Crippen molar-refractivity contribution in [2.24, 2.45) is 17.8 Å². The standard InChI is InChI=1S/C18H22N2O/c19-12-13-4-3-7-17(10-13)20-18(21)16-9-8-14-5-1-2-6-15(14)11-16/h3-4,7,10,14-16H,1-2,5-6,8-9,11H2,(H,20,21). The lowest BCUT2D eigenvalue weighted by atomic mass is 9.67. The molecule has 3 atom stereocenters. The topological polar surface area (TPSA) is 52.9 Å². The minimum atomic E-state index is 0.133. The number of nitriles is 1. The molecule has 0 bridgehead atoms. The summed E-state index contributed by atoms with van der Waals surface area (Å²) in [6.45, 7) is 0. The summed E-state index contributed by atoms with van der Waals surface area (Å²) in [6, 6.07) is 9.26. The van der Waals surface area contributed by atoms with Crippen molar-refractivity contribution in [3.8, 4) is 6.07 Å². The van der Waals surface area contributed by atoms with Crippen molar-refractivity contribution in [2.75, 3.05) is 5.32 Å². The fraction of sp³-hybridized carbons (Fsp3) is 0.556. The Bertz CT molecular complexity index is 561. The SMILES string of the molecule is N#Cc1cccc(NC(=O)C2CCC3CCCCC3C2)c1. The second-order valence-corrected chi connectivity index (χ2v) is 6.50. The van der Waals surface area contributed by atoms with Crippen LogP contribution in [0.25, 0.3) is 0 Å². The van der Waals surface area contributed by atoms with Gasteiger partial charge in [0.15, 0.2) is 0 Å². The Labute approximate surface area is 126 Å². The number of hydrogen-bond donors (Lipinski definition) is 1. The molecule has 2 aliphatic rings. The van der Waals surface area contributed by atoms with Crippen LogP contribution in [0.2, 0.25) is 0 Å². The third-order valence-corrected chi connectivity index (χ3v) is 5.17. The van der Waals surface area contributed by atoms with Gasteiger partial charge in [-0.1, -0.05) is 31.7 Å². The molecular formula is C18H22N2O. The average Bonchev–Trinajstić information content (AvgIpc) is 2.54. The van der Waals surface area contributed by atoms with Crippen LogP contribution in [0.3, 0.4) is 0 Å². The van der Waals surface area contributed by atoms with Gasteiger partial charge in [0.05, 0.1) is 11.6 Å². The molecule has 2 fully saturated rings. The minimum Gasteiger partial charge on any atom is -0.326 e. The van der Waals surface area contributed by atoms with Crippen molar-refractivity contribution < 1.29 is 4.79 Å². The molecule has 1 aromatic rings. The monoisotopic (exact) mass is 282 g/mol. The van der Waals surface area contributed by atoms with Crippen LogP contribution in [-0.4, -0.2) is 5.91 Å². The quantitative estimate of drug-likeness (QED) is 0.887. The predicted molar refractivity (Wildman–Crippen MR) is 82.6 cm³/mol. The van der Waals surface area contributed by atoms with E-state index in [0.717, 1.165) is 30.4 Å². The molecule has 1 N–H and O–H groups in total. The number of fused-ring (bicyclic) bond motifs is 1. The van der Waals surface area contributed by atoms with Crippen LogP contribution in [0, 0.1) is 29.1 Å². The molecule has 1 amide bonds. The summed E-state index contributed by atoms with van der Waals surface area (Å²) in [7, 11) is 0. The fourth-order valence-corrected chi connectivity index (χ4v) is 4.02. The summed E-state index contributed by atoms with van der Waals surface area (Å²) in [4.78, 5) is 12.4. The first-order valence-corrected chi connectivity index (χ1v) is 8.07. The molecule has 3 unspecified atom stereocenters. The van der Waals surface area contributed by atoms with E-state index < -0.39 is 0 Å². The zero-order valence-electron chi connectivity index (χ0n) is 12.3. The fourth-order valence-electron chi connectivity index (χ4n) is 4.02. The zero-order chi connectivity index (χ0) is 14.7. The third-order valence-electron chi connectivity index (χ3n) is 5.17. The molecule has 0 radical (unpaired) electrons. The first-order valence-electron chi connectivity index (χ1n) is 8.07. The van der Waals surface area contributed by atoms with Crippen molar-refractivity contribution in [2.45, 2.75) is 44.9 Å². The van der Waals surface area contributed by atoms with Gasteiger partial charge >= 0.3 is 0 Å². The Morgan fingerprint density at radius 1 is 1.14 bits per heavy atom. The van der Waals surface area contributed by atoms with Gasteiger partial charge in [-0.05, 0) is 49.3 Å². The Morgan fingerprint density at radius 2 is 1.95 bits per heavy atom. The first-order chi connectivity index (χ1) is 10.3. The van der Waals surface area contributed by atoms with Gasteiger partial charge in [0.1, 0.15) is 0 Å². The molecule has 0 saturated heterocycles. The highest BCUT2D eigenvalue weighted by Crippen LogP contribution is 2.42. The number of nitrogens with zero attached hydrogens (tertiary/aromatic N) is 1. The molecule has 2 saturated carbocycles. The van der Waals surface area contributed by atoms with Crippen molar-refractivity contribution in [3.05, 3.63) is 29.8 Å². The van der Waals surface area contributed by atoms with Crippen molar-refractivity contribution in [3.63, 3.8) is 0 Å². The largest absolute Gasteiger partial charge is 0.326 e. The summed E-state index contributed by atoms with van der Waals surface area (Å²) in [6.07, 6.45) is 8.65. The van der Waals surface area contributed by atoms with Gasteiger partial charge in [-0.25, -0.2) is 0 Å². The maximum absolute atomic E-state index is 12.4. The molecule has 0 spiro atoms. The molecule has 3 nitrogen and oxygen atoms in total. The van der Waals surface area contributed by atoms with Gasteiger partial charge in [-0.15, -0.1) is 0 Å². The number of nitrogens with one attached hydrogen (secondary N) is 1. The molecule has 0 aromatic heterocycles. The minimum absolute atomic E-state index is 0.133. The second-order valence-electron chi connectivity index (χ2n) is 6.50. The van der Waals surface area contributed by atoms with Crippen LogP contribution in [0.15, 0.2) is 24.3 Å². The Morgan fingerprint density at radius 3 is 2.76 bits per heavy atom. The summed E-state index contributed by atoms with van der Waals surface area (Å²) in [5, 5.41) is 11.9. The first kappa shape index (κ1) is 14.1. The summed E-state index contributed by atoms with van der Waals surface area (Å²) < 4.78 is 0. The predicted octanol–water partition coefficient (Wildman–Crippen LogP) is 4.10. The van der Waals surface area contributed by atoms with Gasteiger partial charge in [0.25, 0.3) is 0 Å². The number of anilines is 1. The molecule has 21 heavy (non-hydrogen) atoms. The van der Waals surface area contributed by atoms with Crippen LogP contribution in [0.4, 0.5) is 5.69 Å². The Balaban J connectivity index is 1.61. The lowest BCUT2D eigenvalue weighted by molar-refractivity contribution is -0.122. The molecule has 1 aromatic carbocycles. The summed E-state index contributed by atoms with van der Waals surface area (Å²) in [5.74, 6) is 1.91. The molecule has 110 valence electrons. The zero-order valence-corrected chi connectivity index (χ0v) is 12.3. The number of amides is 1. The van der Waals surface area contributed by atoms with E-state index in [-0.39, 0.29) is 11.8 Å². The number of carbonyl (C=O) groups is 1. The normalized spacial score (nSPS) is 28.2. The maximum atomic E-state index is 12.4. The number of benzene rings is 1. The van der Waals surface area contributed by atoms with Gasteiger partial charge in [0, 0.05) is 11.6 Å². The van der Waals surface area contributed by atoms with Crippen LogP contribution in [0.5, 0.6) is 0 Å². The van der Waals surface area contributed by atoms with Crippen LogP contribution >= 0.6 is 0 Å². The van der Waals surface area contributed by atoms with Crippen LogP contribution in [0.1, 0.15) is 50.5 Å². The van der Waals surface area contributed by atoms with E-state index in [9.17, 15) is 4.79 Å². The van der Waals surface area contributed by atoms with Crippen molar-refractivity contribution >= 4 is 11.6 Å². The van der Waals surface area contributed by atoms with E-state index in [0.29, 0.717) is 5.56 Å². The maximum Gasteiger partial charge on any atom is 0.227 e. The Hall–Kier alpha value is -1.82. The summed E-state index contributed by atoms with van der Waals surface area (Å²) >= 11 is 0. The molecule has 3 rings (SSSR count). The number of carbonyl (C=O) groups excluding carboxylic acids is 1. The van der Waals surface area contributed by atoms with E-state index in [1.807, 2.05) is 12.1 Å².